The summed E-state index contributed by atoms with van der Waals surface area (Å²) in [5.74, 6) is 1.42. The van der Waals surface area contributed by atoms with Crippen LogP contribution in [0.1, 0.15) is 96.9 Å². The first-order valence-electron chi connectivity index (χ1n) is 15.3. The third kappa shape index (κ3) is 4.12. The zero-order chi connectivity index (χ0) is 26.9. The van der Waals surface area contributed by atoms with E-state index in [1.807, 2.05) is 28.8 Å². The number of benzene rings is 1. The highest BCUT2D eigenvalue weighted by molar-refractivity contribution is 6.16. The summed E-state index contributed by atoms with van der Waals surface area (Å²) >= 11 is 0. The summed E-state index contributed by atoms with van der Waals surface area (Å²) in [7, 11) is 0. The lowest BCUT2D eigenvalue weighted by Gasteiger charge is -2.54. The maximum Gasteiger partial charge on any atom is 0.330 e. The number of anilines is 1. The number of piperidine rings is 2. The second-order valence-corrected chi connectivity index (χ2v) is 13.4. The lowest BCUT2D eigenvalue weighted by molar-refractivity contribution is -0.122. The minimum atomic E-state index is -1.18. The van der Waals surface area contributed by atoms with Crippen LogP contribution in [-0.2, 0) is 4.79 Å². The van der Waals surface area contributed by atoms with Gasteiger partial charge in [-0.2, -0.15) is 0 Å². The first-order chi connectivity index (χ1) is 18.8. The summed E-state index contributed by atoms with van der Waals surface area (Å²) in [6.07, 6.45) is 15.3. The van der Waals surface area contributed by atoms with Crippen LogP contribution in [0.2, 0.25) is 0 Å². The fraction of sp³-hybridized carbons (Fsp3) is 0.677. The van der Waals surface area contributed by atoms with Crippen molar-refractivity contribution in [3.05, 3.63) is 34.6 Å². The van der Waals surface area contributed by atoms with Crippen molar-refractivity contribution < 1.29 is 9.59 Å². The van der Waals surface area contributed by atoms with Crippen LogP contribution in [0.25, 0.3) is 11.0 Å². The summed E-state index contributed by atoms with van der Waals surface area (Å²) in [5, 5.41) is 2.38. The number of imide groups is 1. The molecule has 7 rings (SSSR count). The first kappa shape index (κ1) is 25.2. The van der Waals surface area contributed by atoms with Crippen LogP contribution in [0.5, 0.6) is 0 Å². The molecule has 2 saturated carbocycles. The number of para-hydroxylation sites is 2. The minimum absolute atomic E-state index is 0.0472. The van der Waals surface area contributed by atoms with Gasteiger partial charge in [-0.1, -0.05) is 44.2 Å². The zero-order valence-electron chi connectivity index (χ0n) is 23.3. The van der Waals surface area contributed by atoms with Crippen LogP contribution in [-0.4, -0.2) is 50.1 Å². The molecule has 3 saturated heterocycles. The molecule has 2 aliphatic carbocycles. The molecule has 8 nitrogen and oxygen atoms in total. The number of aromatic nitrogens is 2. The molecule has 3 aliphatic heterocycles. The largest absolute Gasteiger partial charge is 0.330 e. The topological polar surface area (TPSA) is 87.5 Å². The van der Waals surface area contributed by atoms with Crippen LogP contribution in [0.3, 0.4) is 0 Å². The first-order valence-corrected chi connectivity index (χ1v) is 15.3. The molecule has 1 N–H and O–H groups in total. The fourth-order valence-corrected chi connectivity index (χ4v) is 8.98. The van der Waals surface area contributed by atoms with Gasteiger partial charge in [-0.15, -0.1) is 0 Å². The van der Waals surface area contributed by atoms with Gasteiger partial charge in [0.25, 0.3) is 11.5 Å². The van der Waals surface area contributed by atoms with Crippen molar-refractivity contribution in [1.82, 2.24) is 19.8 Å². The fourth-order valence-electron chi connectivity index (χ4n) is 8.98. The van der Waals surface area contributed by atoms with Crippen LogP contribution in [0.15, 0.2) is 29.1 Å². The van der Waals surface area contributed by atoms with Crippen molar-refractivity contribution >= 4 is 28.8 Å². The van der Waals surface area contributed by atoms with E-state index < -0.39 is 17.5 Å². The molecule has 0 spiro atoms. The van der Waals surface area contributed by atoms with Gasteiger partial charge < -0.3 is 4.57 Å². The second kappa shape index (κ2) is 9.43. The summed E-state index contributed by atoms with van der Waals surface area (Å²) in [6, 6.07) is 8.87. The third-order valence-electron chi connectivity index (χ3n) is 10.7. The van der Waals surface area contributed by atoms with Gasteiger partial charge in [0, 0.05) is 24.2 Å². The van der Waals surface area contributed by atoms with E-state index in [4.69, 9.17) is 0 Å². The van der Waals surface area contributed by atoms with E-state index in [1.54, 1.807) is 13.8 Å². The predicted octanol–water partition coefficient (Wildman–Crippen LogP) is 5.15. The molecular formula is C31H41N5O3. The predicted molar refractivity (Wildman–Crippen MR) is 151 cm³/mol. The number of amides is 3. The van der Waals surface area contributed by atoms with Gasteiger partial charge in [-0.25, -0.2) is 9.78 Å². The number of rotatable bonds is 3. The van der Waals surface area contributed by atoms with Crippen molar-refractivity contribution in [2.24, 2.45) is 11.8 Å². The number of carbonyl (C=O) groups excluding carboxylic acids is 2. The van der Waals surface area contributed by atoms with E-state index >= 15 is 0 Å². The summed E-state index contributed by atoms with van der Waals surface area (Å²) in [6.45, 7) is 3.33. The smallest absolute Gasteiger partial charge is 0.300 e. The SMILES string of the molecule is CC1(C)C(=O)NC(=O)N1c1nc2ccccc2n(C2C[C@H]3CCC[C@@H](C2)N3C2C[C@H]3CCCC[C@@H](C2)C3)c1=O. The number of hydrogen-bond acceptors (Lipinski definition) is 5. The molecule has 0 radical (unpaired) electrons. The molecule has 208 valence electrons. The van der Waals surface area contributed by atoms with Gasteiger partial charge in [-0.3, -0.25) is 24.7 Å². The molecule has 5 fully saturated rings. The molecule has 39 heavy (non-hydrogen) atoms. The van der Waals surface area contributed by atoms with E-state index in [1.165, 1.54) is 69.1 Å². The normalized spacial score (nSPS) is 34.7. The molecule has 5 aliphatic rings. The Kier molecular flexibility index (Phi) is 6.10. The molecule has 1 aromatic heterocycles. The Labute approximate surface area is 230 Å². The Morgan fingerprint density at radius 2 is 1.46 bits per heavy atom. The molecule has 6 atom stereocenters. The molecular weight excluding hydrogens is 490 g/mol. The van der Waals surface area contributed by atoms with Gasteiger partial charge in [-0.05, 0) is 82.8 Å². The van der Waals surface area contributed by atoms with Crippen molar-refractivity contribution in [3.8, 4) is 0 Å². The minimum Gasteiger partial charge on any atom is -0.300 e. The van der Waals surface area contributed by atoms with Gasteiger partial charge in [0.15, 0.2) is 0 Å². The standard InChI is InChI=1S/C31H41N5O3/c1-31(2)29(38)33-30(39)36(31)27-28(37)35(26-13-6-5-12-25(26)32-27)24-17-21-10-7-11-22(18-24)34(21)23-15-19-8-3-4-9-20(14-19)16-23/h5-6,12-13,19-24H,3-4,7-11,14-18H2,1-2H3,(H,33,38,39)/t19-,20+,21-,22+,23?,24?. The molecule has 4 heterocycles. The van der Waals surface area contributed by atoms with Crippen molar-refractivity contribution in [2.45, 2.75) is 121 Å². The van der Waals surface area contributed by atoms with Crippen LogP contribution in [0.4, 0.5) is 10.6 Å². The second-order valence-electron chi connectivity index (χ2n) is 13.4. The van der Waals surface area contributed by atoms with Crippen LogP contribution < -0.4 is 15.8 Å². The number of nitrogens with one attached hydrogen (secondary N) is 1. The quantitative estimate of drug-likeness (QED) is 0.554. The summed E-state index contributed by atoms with van der Waals surface area (Å²) in [4.78, 5) is 48.5. The number of urea groups is 1. The monoisotopic (exact) mass is 531 g/mol. The van der Waals surface area contributed by atoms with E-state index in [0.717, 1.165) is 30.2 Å². The molecule has 2 unspecified atom stereocenters. The Bertz CT molecular complexity index is 1340. The Morgan fingerprint density at radius 3 is 2.10 bits per heavy atom. The lowest BCUT2D eigenvalue weighted by atomic mass is 9.73. The molecule has 3 amide bonds. The van der Waals surface area contributed by atoms with Gasteiger partial charge in [0.05, 0.1) is 11.0 Å². The Morgan fingerprint density at radius 1 is 0.795 bits per heavy atom. The highest BCUT2D eigenvalue weighted by atomic mass is 16.2. The van der Waals surface area contributed by atoms with Crippen LogP contribution >= 0.6 is 0 Å². The number of nitrogens with zero attached hydrogens (tertiary/aromatic N) is 4. The van der Waals surface area contributed by atoms with E-state index in [9.17, 15) is 14.4 Å². The molecule has 2 aromatic rings. The molecule has 4 bridgehead atoms. The summed E-state index contributed by atoms with van der Waals surface area (Å²) in [5.41, 5.74) is 0.0438. The van der Waals surface area contributed by atoms with Gasteiger partial charge in [0.1, 0.15) is 5.54 Å². The van der Waals surface area contributed by atoms with Crippen LogP contribution in [0, 0.1) is 11.8 Å². The van der Waals surface area contributed by atoms with E-state index in [-0.39, 0.29) is 17.4 Å². The highest BCUT2D eigenvalue weighted by Gasteiger charge is 2.49. The number of fused-ring (bicyclic) bond motifs is 5. The average Bonchev–Trinajstić information content (AvgIpc) is 3.00. The zero-order valence-corrected chi connectivity index (χ0v) is 23.3. The number of hydrogen-bond donors (Lipinski definition) is 1. The van der Waals surface area contributed by atoms with Crippen molar-refractivity contribution in [3.63, 3.8) is 0 Å². The third-order valence-corrected chi connectivity index (χ3v) is 10.7. The summed E-state index contributed by atoms with van der Waals surface area (Å²) < 4.78 is 1.92. The number of carbonyl (C=O) groups is 2. The average molecular weight is 532 g/mol. The van der Waals surface area contributed by atoms with Crippen molar-refractivity contribution in [1.29, 1.82) is 0 Å². The molecule has 8 heteroatoms. The maximum absolute atomic E-state index is 14.2. The maximum atomic E-state index is 14.2. The van der Waals surface area contributed by atoms with Gasteiger partial charge in [0.2, 0.25) is 5.82 Å². The Balaban J connectivity index is 1.26. The molecule has 1 aromatic carbocycles. The van der Waals surface area contributed by atoms with E-state index in [0.29, 0.717) is 23.6 Å². The lowest BCUT2D eigenvalue weighted by Crippen LogP contribution is -2.58. The van der Waals surface area contributed by atoms with Crippen molar-refractivity contribution in [2.75, 3.05) is 4.90 Å². The van der Waals surface area contributed by atoms with Gasteiger partial charge >= 0.3 is 6.03 Å². The van der Waals surface area contributed by atoms with E-state index in [2.05, 4.69) is 15.2 Å². The highest BCUT2D eigenvalue weighted by Crippen LogP contribution is 2.47. The Hall–Kier alpha value is -2.74.